The van der Waals surface area contributed by atoms with Crippen LogP contribution >= 0.6 is 0 Å². The Hall–Kier alpha value is -2.21. The first-order valence-corrected chi connectivity index (χ1v) is 8.54. The molecule has 0 unspecified atom stereocenters. The van der Waals surface area contributed by atoms with Crippen LogP contribution in [0.5, 0.6) is 0 Å². The Balaban J connectivity index is 1.73. The smallest absolute Gasteiger partial charge is 0.292 e. The lowest BCUT2D eigenvalue weighted by molar-refractivity contribution is -0.920. The van der Waals surface area contributed by atoms with Crippen LogP contribution in [0.25, 0.3) is 0 Å². The number of rotatable bonds is 3. The number of benzene rings is 1. The molecule has 2 heterocycles. The van der Waals surface area contributed by atoms with E-state index in [1.165, 1.54) is 16.7 Å². The molecular formula is C18H24N3O3+. The van der Waals surface area contributed by atoms with E-state index in [2.05, 4.69) is 12.2 Å². The number of likely N-dealkylation sites (tertiary alicyclic amines) is 1. The summed E-state index contributed by atoms with van der Waals surface area (Å²) in [7, 11) is 0. The number of anilines is 2. The number of hydrogen-bond acceptors (Lipinski definition) is 3. The van der Waals surface area contributed by atoms with E-state index in [1.807, 2.05) is 0 Å². The third-order valence-corrected chi connectivity index (χ3v) is 5.00. The largest absolute Gasteiger partial charge is 0.326 e. The van der Waals surface area contributed by atoms with Gasteiger partial charge in [-0.2, -0.15) is 0 Å². The highest BCUT2D eigenvalue weighted by Gasteiger charge is 2.46. The van der Waals surface area contributed by atoms with E-state index in [-0.39, 0.29) is 30.2 Å². The molecule has 2 N–H and O–H groups in total. The predicted octanol–water partition coefficient (Wildman–Crippen LogP) is 0.592. The highest BCUT2D eigenvalue weighted by molar-refractivity contribution is 6.21. The minimum atomic E-state index is -0.250. The van der Waals surface area contributed by atoms with Crippen molar-refractivity contribution in [3.05, 3.63) is 24.3 Å². The summed E-state index contributed by atoms with van der Waals surface area (Å²) in [5.74, 6) is 0.317. The van der Waals surface area contributed by atoms with Crippen LogP contribution in [-0.4, -0.2) is 36.9 Å². The maximum Gasteiger partial charge on any atom is 0.292 e. The second kappa shape index (κ2) is 6.73. The average molecular weight is 330 g/mol. The molecule has 2 aliphatic rings. The van der Waals surface area contributed by atoms with Crippen LogP contribution < -0.4 is 15.1 Å². The topological polar surface area (TPSA) is 70.9 Å². The number of imide groups is 1. The summed E-state index contributed by atoms with van der Waals surface area (Å²) in [5, 5.41) is 2.68. The van der Waals surface area contributed by atoms with Gasteiger partial charge in [0, 0.05) is 12.6 Å². The number of nitrogens with one attached hydrogen (secondary N) is 2. The first-order chi connectivity index (χ1) is 11.5. The van der Waals surface area contributed by atoms with Crippen LogP contribution in [0.2, 0.25) is 0 Å². The third-order valence-electron chi connectivity index (χ3n) is 5.00. The van der Waals surface area contributed by atoms with Crippen LogP contribution in [-0.2, 0) is 14.4 Å². The SMILES string of the molecule is CC(=O)Nc1ccc(N2C(=O)C[C@H]([NH+]3CCC(C)CC3)C2=O)cc1. The number of carbonyl (C=O) groups is 3. The van der Waals surface area contributed by atoms with Gasteiger partial charge in [-0.25, -0.2) is 4.90 Å². The van der Waals surface area contributed by atoms with Crippen molar-refractivity contribution >= 4 is 29.1 Å². The van der Waals surface area contributed by atoms with Crippen LogP contribution in [0.1, 0.15) is 33.1 Å². The van der Waals surface area contributed by atoms with Gasteiger partial charge in [0.25, 0.3) is 5.91 Å². The monoisotopic (exact) mass is 330 g/mol. The van der Waals surface area contributed by atoms with E-state index in [9.17, 15) is 14.4 Å². The molecule has 0 saturated carbocycles. The van der Waals surface area contributed by atoms with Gasteiger partial charge < -0.3 is 10.2 Å². The normalized spacial score (nSPS) is 27.4. The van der Waals surface area contributed by atoms with Crippen molar-refractivity contribution in [1.82, 2.24) is 0 Å². The fourth-order valence-corrected chi connectivity index (χ4v) is 3.60. The minimum Gasteiger partial charge on any atom is -0.326 e. The summed E-state index contributed by atoms with van der Waals surface area (Å²) in [6.07, 6.45) is 2.51. The molecule has 0 bridgehead atoms. The van der Waals surface area contributed by atoms with Crippen molar-refractivity contribution in [3.63, 3.8) is 0 Å². The zero-order chi connectivity index (χ0) is 17.3. The quantitative estimate of drug-likeness (QED) is 0.797. The van der Waals surface area contributed by atoms with Crippen LogP contribution in [0.15, 0.2) is 24.3 Å². The summed E-state index contributed by atoms with van der Waals surface area (Å²) >= 11 is 0. The molecule has 1 aromatic rings. The lowest BCUT2D eigenvalue weighted by atomic mass is 9.97. The standard InChI is InChI=1S/C18H23N3O3/c1-12-7-9-20(10-8-12)16-11-17(23)21(18(16)24)15-5-3-14(4-6-15)19-13(2)22/h3-6,12,16H,7-11H2,1-2H3,(H,19,22)/p+1/t16-/m0/s1. The molecule has 128 valence electrons. The number of carbonyl (C=O) groups excluding carboxylic acids is 3. The molecule has 3 rings (SSSR count). The van der Waals surface area contributed by atoms with E-state index in [0.717, 1.165) is 25.9 Å². The molecule has 2 fully saturated rings. The molecule has 24 heavy (non-hydrogen) atoms. The molecule has 0 spiro atoms. The van der Waals surface area contributed by atoms with Gasteiger partial charge in [0.2, 0.25) is 11.8 Å². The molecular weight excluding hydrogens is 306 g/mol. The Bertz CT molecular complexity index is 648. The summed E-state index contributed by atoms with van der Waals surface area (Å²) in [6, 6.07) is 6.58. The Morgan fingerprint density at radius 3 is 2.38 bits per heavy atom. The van der Waals surface area contributed by atoms with Gasteiger partial charge in [-0.1, -0.05) is 6.92 Å². The molecule has 1 aromatic carbocycles. The zero-order valence-corrected chi connectivity index (χ0v) is 14.2. The van der Waals surface area contributed by atoms with Gasteiger partial charge in [-0.15, -0.1) is 0 Å². The lowest BCUT2D eigenvalue weighted by Gasteiger charge is -2.30. The van der Waals surface area contributed by atoms with Crippen molar-refractivity contribution < 1.29 is 19.3 Å². The average Bonchev–Trinajstić information content (AvgIpc) is 2.83. The van der Waals surface area contributed by atoms with Gasteiger partial charge >= 0.3 is 0 Å². The van der Waals surface area contributed by atoms with Gasteiger partial charge in [0.1, 0.15) is 0 Å². The van der Waals surface area contributed by atoms with Gasteiger partial charge in [0.15, 0.2) is 6.04 Å². The molecule has 2 aliphatic heterocycles. The maximum absolute atomic E-state index is 12.8. The maximum atomic E-state index is 12.8. The second-order valence-electron chi connectivity index (χ2n) is 6.89. The summed E-state index contributed by atoms with van der Waals surface area (Å²) in [6.45, 7) is 5.59. The summed E-state index contributed by atoms with van der Waals surface area (Å²) < 4.78 is 0. The van der Waals surface area contributed by atoms with Crippen LogP contribution in [0, 0.1) is 5.92 Å². The summed E-state index contributed by atoms with van der Waals surface area (Å²) in [4.78, 5) is 38.8. The van der Waals surface area contributed by atoms with Gasteiger partial charge in [0.05, 0.1) is 25.2 Å². The Morgan fingerprint density at radius 2 is 1.79 bits per heavy atom. The van der Waals surface area contributed by atoms with Gasteiger partial charge in [-0.3, -0.25) is 14.4 Å². The van der Waals surface area contributed by atoms with E-state index in [0.29, 0.717) is 17.3 Å². The van der Waals surface area contributed by atoms with Crippen LogP contribution in [0.3, 0.4) is 0 Å². The van der Waals surface area contributed by atoms with Crippen molar-refractivity contribution in [1.29, 1.82) is 0 Å². The third kappa shape index (κ3) is 3.33. The number of amides is 3. The fraction of sp³-hybridized carbons (Fsp3) is 0.500. The number of piperidine rings is 1. The fourth-order valence-electron chi connectivity index (χ4n) is 3.60. The highest BCUT2D eigenvalue weighted by atomic mass is 16.2. The molecule has 6 heteroatoms. The summed E-state index contributed by atoms with van der Waals surface area (Å²) in [5.41, 5.74) is 1.23. The molecule has 6 nitrogen and oxygen atoms in total. The minimum absolute atomic E-state index is 0.100. The van der Waals surface area contributed by atoms with Crippen molar-refractivity contribution in [3.8, 4) is 0 Å². The molecule has 3 amide bonds. The number of nitrogens with zero attached hydrogens (tertiary/aromatic N) is 1. The van der Waals surface area contributed by atoms with Gasteiger partial charge in [-0.05, 0) is 43.0 Å². The van der Waals surface area contributed by atoms with Crippen LogP contribution in [0.4, 0.5) is 11.4 Å². The predicted molar refractivity (Wildman–Crippen MR) is 90.7 cm³/mol. The lowest BCUT2D eigenvalue weighted by Crippen LogP contribution is -3.17. The molecule has 0 radical (unpaired) electrons. The van der Waals surface area contributed by atoms with E-state index in [4.69, 9.17) is 0 Å². The molecule has 1 atom stereocenters. The number of quaternary nitrogens is 1. The zero-order valence-electron chi connectivity index (χ0n) is 14.2. The van der Waals surface area contributed by atoms with E-state index >= 15 is 0 Å². The molecule has 0 aliphatic carbocycles. The highest BCUT2D eigenvalue weighted by Crippen LogP contribution is 2.24. The number of hydrogen-bond donors (Lipinski definition) is 2. The molecule has 0 aromatic heterocycles. The Kier molecular flexibility index (Phi) is 4.66. The Labute approximate surface area is 141 Å². The van der Waals surface area contributed by atoms with Crippen molar-refractivity contribution in [2.24, 2.45) is 5.92 Å². The first-order valence-electron chi connectivity index (χ1n) is 8.54. The van der Waals surface area contributed by atoms with Crippen molar-refractivity contribution in [2.75, 3.05) is 23.3 Å². The Morgan fingerprint density at radius 1 is 1.17 bits per heavy atom. The van der Waals surface area contributed by atoms with Crippen molar-refractivity contribution in [2.45, 2.75) is 39.2 Å². The van der Waals surface area contributed by atoms with E-state index < -0.39 is 0 Å². The second-order valence-corrected chi connectivity index (χ2v) is 6.89. The van der Waals surface area contributed by atoms with E-state index in [1.54, 1.807) is 24.3 Å². The molecule has 2 saturated heterocycles. The first kappa shape index (κ1) is 16.6.